The highest BCUT2D eigenvalue weighted by atomic mass is 79.9. The van der Waals surface area contributed by atoms with E-state index in [1.165, 1.54) is 4.88 Å². The highest BCUT2D eigenvalue weighted by Crippen LogP contribution is 2.27. The second-order valence-corrected chi connectivity index (χ2v) is 5.26. The third kappa shape index (κ3) is 2.64. The summed E-state index contributed by atoms with van der Waals surface area (Å²) in [6, 6.07) is 12.4. The van der Waals surface area contributed by atoms with Crippen LogP contribution in [-0.2, 0) is 0 Å². The molecule has 3 N–H and O–H groups in total. The number of benzene rings is 1. The van der Waals surface area contributed by atoms with Crippen LogP contribution >= 0.6 is 27.3 Å². The molecule has 0 saturated carbocycles. The maximum atomic E-state index is 5.79. The molecular weight excluding hydrogens is 284 g/mol. The summed E-state index contributed by atoms with van der Waals surface area (Å²) >= 11 is 5.24. The van der Waals surface area contributed by atoms with Gasteiger partial charge in [0, 0.05) is 21.6 Å². The van der Waals surface area contributed by atoms with E-state index in [4.69, 9.17) is 5.73 Å². The Morgan fingerprint density at radius 3 is 2.69 bits per heavy atom. The lowest BCUT2D eigenvalue weighted by Crippen LogP contribution is -2.19. The summed E-state index contributed by atoms with van der Waals surface area (Å²) in [4.78, 5) is 1.26. The van der Waals surface area contributed by atoms with Crippen molar-refractivity contribution in [1.82, 2.24) is 0 Å². The molecule has 2 aromatic rings. The first-order valence-electron chi connectivity index (χ1n) is 5.06. The molecule has 16 heavy (non-hydrogen) atoms. The fraction of sp³-hybridized carbons (Fsp3) is 0.167. The molecule has 0 saturated heterocycles. The summed E-state index contributed by atoms with van der Waals surface area (Å²) in [5, 5.41) is 5.51. The van der Waals surface area contributed by atoms with E-state index in [2.05, 4.69) is 32.7 Å². The lowest BCUT2D eigenvalue weighted by atomic mass is 10.2. The maximum Gasteiger partial charge on any atom is 0.0728 e. The zero-order valence-corrected chi connectivity index (χ0v) is 11.1. The van der Waals surface area contributed by atoms with Gasteiger partial charge in [-0.05, 0) is 39.5 Å². The lowest BCUT2D eigenvalue weighted by molar-refractivity contribution is 0.805. The summed E-state index contributed by atoms with van der Waals surface area (Å²) in [7, 11) is 0. The molecule has 1 aromatic carbocycles. The number of nitrogens with two attached hydrogens (primary N) is 1. The summed E-state index contributed by atoms with van der Waals surface area (Å²) in [5.74, 6) is 0. The van der Waals surface area contributed by atoms with Crippen LogP contribution in [-0.4, -0.2) is 6.54 Å². The quantitative estimate of drug-likeness (QED) is 0.904. The Bertz CT molecular complexity index is 442. The van der Waals surface area contributed by atoms with Crippen LogP contribution in [0.2, 0.25) is 0 Å². The zero-order valence-electron chi connectivity index (χ0n) is 8.69. The van der Waals surface area contributed by atoms with Gasteiger partial charge in [0.25, 0.3) is 0 Å². The van der Waals surface area contributed by atoms with Gasteiger partial charge in [-0.15, -0.1) is 11.3 Å². The van der Waals surface area contributed by atoms with Gasteiger partial charge in [0.05, 0.1) is 6.04 Å². The molecule has 0 aliphatic carbocycles. The number of nitrogens with one attached hydrogen (secondary N) is 1. The van der Waals surface area contributed by atoms with Crippen molar-refractivity contribution in [3.63, 3.8) is 0 Å². The molecule has 0 amide bonds. The molecule has 1 heterocycles. The Hall–Kier alpha value is -0.840. The second-order valence-electron chi connectivity index (χ2n) is 3.43. The van der Waals surface area contributed by atoms with E-state index in [0.717, 1.165) is 10.2 Å². The fourth-order valence-corrected chi connectivity index (χ4v) is 2.69. The number of anilines is 1. The van der Waals surface area contributed by atoms with Crippen LogP contribution < -0.4 is 11.1 Å². The molecule has 2 nitrogen and oxygen atoms in total. The van der Waals surface area contributed by atoms with Gasteiger partial charge < -0.3 is 11.1 Å². The van der Waals surface area contributed by atoms with E-state index in [1.54, 1.807) is 11.3 Å². The molecule has 0 aliphatic rings. The van der Waals surface area contributed by atoms with Gasteiger partial charge in [-0.1, -0.05) is 18.2 Å². The molecule has 0 spiro atoms. The summed E-state index contributed by atoms with van der Waals surface area (Å²) in [6.07, 6.45) is 0. The molecule has 4 heteroatoms. The molecular formula is C12H13BrN2S. The molecule has 1 atom stereocenters. The van der Waals surface area contributed by atoms with E-state index in [-0.39, 0.29) is 6.04 Å². The van der Waals surface area contributed by atoms with E-state index in [0.29, 0.717) is 6.54 Å². The largest absolute Gasteiger partial charge is 0.375 e. The summed E-state index contributed by atoms with van der Waals surface area (Å²) in [5.41, 5.74) is 6.87. The first-order valence-corrected chi connectivity index (χ1v) is 6.73. The van der Waals surface area contributed by atoms with Crippen molar-refractivity contribution < 1.29 is 0 Å². The average molecular weight is 297 g/mol. The molecule has 0 bridgehead atoms. The van der Waals surface area contributed by atoms with Crippen LogP contribution in [0, 0.1) is 0 Å². The van der Waals surface area contributed by atoms with Crippen molar-refractivity contribution in [3.05, 3.63) is 51.1 Å². The smallest absolute Gasteiger partial charge is 0.0728 e. The zero-order chi connectivity index (χ0) is 11.4. The number of halogens is 1. The first-order chi connectivity index (χ1) is 7.81. The molecule has 0 fully saturated rings. The van der Waals surface area contributed by atoms with Gasteiger partial charge in [-0.3, -0.25) is 0 Å². The van der Waals surface area contributed by atoms with Crippen LogP contribution in [0.5, 0.6) is 0 Å². The number of para-hydroxylation sites is 1. The van der Waals surface area contributed by atoms with Crippen LogP contribution in [0.25, 0.3) is 0 Å². The molecule has 2 rings (SSSR count). The van der Waals surface area contributed by atoms with Crippen molar-refractivity contribution in [2.75, 3.05) is 11.9 Å². The highest BCUT2D eigenvalue weighted by Gasteiger charge is 2.11. The van der Waals surface area contributed by atoms with Crippen LogP contribution in [0.3, 0.4) is 0 Å². The van der Waals surface area contributed by atoms with Gasteiger partial charge in [0.15, 0.2) is 0 Å². The topological polar surface area (TPSA) is 38.0 Å². The monoisotopic (exact) mass is 296 g/mol. The predicted octanol–water partition coefficient (Wildman–Crippen LogP) is 3.62. The minimum Gasteiger partial charge on any atom is -0.375 e. The molecule has 0 radical (unpaired) electrons. The number of rotatable bonds is 4. The number of hydrogen-bond donors (Lipinski definition) is 2. The van der Waals surface area contributed by atoms with Crippen molar-refractivity contribution in [3.8, 4) is 0 Å². The first kappa shape index (κ1) is 11.6. The van der Waals surface area contributed by atoms with Crippen LogP contribution in [0.1, 0.15) is 10.9 Å². The van der Waals surface area contributed by atoms with Gasteiger partial charge in [-0.2, -0.15) is 0 Å². The Kier molecular flexibility index (Phi) is 3.98. The van der Waals surface area contributed by atoms with E-state index in [9.17, 15) is 0 Å². The number of hydrogen-bond acceptors (Lipinski definition) is 3. The van der Waals surface area contributed by atoms with Crippen LogP contribution in [0.4, 0.5) is 5.69 Å². The SMILES string of the molecule is NCC(Nc1ccccc1Br)c1cccs1. The molecule has 0 aliphatic heterocycles. The minimum absolute atomic E-state index is 0.179. The van der Waals surface area contributed by atoms with Crippen LogP contribution in [0.15, 0.2) is 46.3 Å². The minimum atomic E-state index is 0.179. The summed E-state index contributed by atoms with van der Waals surface area (Å²) < 4.78 is 1.06. The Morgan fingerprint density at radius 2 is 2.06 bits per heavy atom. The molecule has 1 unspecified atom stereocenters. The normalized spacial score (nSPS) is 12.4. The van der Waals surface area contributed by atoms with E-state index < -0.39 is 0 Å². The number of thiophene rings is 1. The highest BCUT2D eigenvalue weighted by molar-refractivity contribution is 9.10. The maximum absolute atomic E-state index is 5.79. The van der Waals surface area contributed by atoms with Gasteiger partial charge in [0.1, 0.15) is 0 Å². The van der Waals surface area contributed by atoms with E-state index >= 15 is 0 Å². The Morgan fingerprint density at radius 1 is 1.25 bits per heavy atom. The van der Waals surface area contributed by atoms with Crippen molar-refractivity contribution >= 4 is 33.0 Å². The summed E-state index contributed by atoms with van der Waals surface area (Å²) in [6.45, 7) is 0.585. The Labute approximate surface area is 108 Å². The Balaban J connectivity index is 2.17. The fourth-order valence-electron chi connectivity index (χ4n) is 1.50. The van der Waals surface area contributed by atoms with Crippen molar-refractivity contribution in [2.45, 2.75) is 6.04 Å². The predicted molar refractivity (Wildman–Crippen MR) is 73.9 cm³/mol. The van der Waals surface area contributed by atoms with Gasteiger partial charge in [-0.25, -0.2) is 0 Å². The van der Waals surface area contributed by atoms with E-state index in [1.807, 2.05) is 30.3 Å². The molecule has 84 valence electrons. The standard InChI is InChI=1S/C12H13BrN2S/c13-9-4-1-2-5-10(9)15-11(8-14)12-6-3-7-16-12/h1-7,11,15H,8,14H2. The molecule has 1 aromatic heterocycles. The second kappa shape index (κ2) is 5.48. The lowest BCUT2D eigenvalue weighted by Gasteiger charge is -2.17. The van der Waals surface area contributed by atoms with Gasteiger partial charge in [0.2, 0.25) is 0 Å². The average Bonchev–Trinajstić information content (AvgIpc) is 2.81. The van der Waals surface area contributed by atoms with Crippen molar-refractivity contribution in [2.24, 2.45) is 5.73 Å². The third-order valence-electron chi connectivity index (χ3n) is 2.33. The van der Waals surface area contributed by atoms with Gasteiger partial charge >= 0.3 is 0 Å². The van der Waals surface area contributed by atoms with Crippen molar-refractivity contribution in [1.29, 1.82) is 0 Å². The third-order valence-corrected chi connectivity index (χ3v) is 4.00.